The van der Waals surface area contributed by atoms with Gasteiger partial charge in [0.05, 0.1) is 16.1 Å². The summed E-state index contributed by atoms with van der Waals surface area (Å²) >= 11 is 12.5. The van der Waals surface area contributed by atoms with Crippen LogP contribution >= 0.6 is 23.2 Å². The van der Waals surface area contributed by atoms with Crippen molar-refractivity contribution in [1.29, 1.82) is 0 Å². The molecule has 2 atom stereocenters. The lowest BCUT2D eigenvalue weighted by Crippen LogP contribution is -2.42. The van der Waals surface area contributed by atoms with E-state index in [1.165, 1.54) is 0 Å². The molecule has 2 rings (SSSR count). The van der Waals surface area contributed by atoms with Crippen molar-refractivity contribution in [2.24, 2.45) is 11.3 Å². The van der Waals surface area contributed by atoms with Crippen molar-refractivity contribution >= 4 is 23.2 Å². The van der Waals surface area contributed by atoms with Gasteiger partial charge in [0.2, 0.25) is 0 Å². The molecule has 1 saturated heterocycles. The van der Waals surface area contributed by atoms with Gasteiger partial charge in [-0.25, -0.2) is 0 Å². The summed E-state index contributed by atoms with van der Waals surface area (Å²) in [5, 5.41) is 4.91. The standard InChI is InChI=1S/C17H25Cl2NO/c1-12(2)10-20-11-17(7-8-21-13(17)3)9-14-5-4-6-15(18)16(14)19/h4-6,12-13,20H,7-11H2,1-3H3. The fraction of sp³-hybridized carbons (Fsp3) is 0.647. The van der Waals surface area contributed by atoms with Crippen LogP contribution < -0.4 is 5.32 Å². The molecule has 0 aliphatic carbocycles. The van der Waals surface area contributed by atoms with Crippen LogP contribution in [0.25, 0.3) is 0 Å². The predicted octanol–water partition coefficient (Wildman–Crippen LogP) is 4.58. The number of nitrogens with one attached hydrogen (secondary N) is 1. The summed E-state index contributed by atoms with van der Waals surface area (Å²) < 4.78 is 5.85. The molecule has 1 aliphatic heterocycles. The van der Waals surface area contributed by atoms with Crippen molar-refractivity contribution in [3.05, 3.63) is 33.8 Å². The van der Waals surface area contributed by atoms with Gasteiger partial charge in [-0.1, -0.05) is 49.2 Å². The Morgan fingerprint density at radius 2 is 2.14 bits per heavy atom. The average molecular weight is 330 g/mol. The fourth-order valence-electron chi connectivity index (χ4n) is 3.02. The third-order valence-corrected chi connectivity index (χ3v) is 5.29. The van der Waals surface area contributed by atoms with E-state index in [1.807, 2.05) is 12.1 Å². The highest BCUT2D eigenvalue weighted by molar-refractivity contribution is 6.42. The SMILES string of the molecule is CC(C)CNCC1(Cc2cccc(Cl)c2Cl)CCOC1C. The lowest BCUT2D eigenvalue weighted by molar-refractivity contribution is 0.0627. The first-order chi connectivity index (χ1) is 9.94. The van der Waals surface area contributed by atoms with Crippen LogP contribution in [0.2, 0.25) is 10.0 Å². The molecule has 2 nitrogen and oxygen atoms in total. The molecule has 118 valence electrons. The van der Waals surface area contributed by atoms with Gasteiger partial charge in [-0.3, -0.25) is 0 Å². The van der Waals surface area contributed by atoms with Gasteiger partial charge in [0.25, 0.3) is 0 Å². The first kappa shape index (κ1) is 17.1. The summed E-state index contributed by atoms with van der Waals surface area (Å²) in [6.45, 7) is 9.42. The molecule has 0 bridgehead atoms. The molecule has 1 aromatic rings. The molecule has 2 unspecified atom stereocenters. The highest BCUT2D eigenvalue weighted by Crippen LogP contribution is 2.40. The van der Waals surface area contributed by atoms with Crippen molar-refractivity contribution in [3.63, 3.8) is 0 Å². The largest absolute Gasteiger partial charge is 0.378 e. The van der Waals surface area contributed by atoms with E-state index < -0.39 is 0 Å². The molecule has 0 radical (unpaired) electrons. The first-order valence-electron chi connectivity index (χ1n) is 7.70. The molecule has 1 aromatic carbocycles. The van der Waals surface area contributed by atoms with Crippen LogP contribution in [0.15, 0.2) is 18.2 Å². The van der Waals surface area contributed by atoms with Crippen LogP contribution in [0, 0.1) is 11.3 Å². The number of hydrogen-bond acceptors (Lipinski definition) is 2. The van der Waals surface area contributed by atoms with Gasteiger partial charge in [-0.05, 0) is 43.9 Å². The second kappa shape index (κ2) is 7.32. The Balaban J connectivity index is 2.15. The molecule has 1 N–H and O–H groups in total. The van der Waals surface area contributed by atoms with Gasteiger partial charge in [-0.2, -0.15) is 0 Å². The molecular weight excluding hydrogens is 305 g/mol. The zero-order chi connectivity index (χ0) is 15.5. The minimum atomic E-state index is 0.100. The van der Waals surface area contributed by atoms with E-state index >= 15 is 0 Å². The number of rotatable bonds is 6. The molecule has 1 aliphatic rings. The Hall–Kier alpha value is -0.280. The molecule has 1 heterocycles. The van der Waals surface area contributed by atoms with Crippen LogP contribution in [0.3, 0.4) is 0 Å². The van der Waals surface area contributed by atoms with Crippen LogP contribution in [0.1, 0.15) is 32.8 Å². The Morgan fingerprint density at radius 1 is 1.38 bits per heavy atom. The summed E-state index contributed by atoms with van der Waals surface area (Å²) in [7, 11) is 0. The van der Waals surface area contributed by atoms with Crippen LogP contribution in [0.5, 0.6) is 0 Å². The molecule has 0 spiro atoms. The molecular formula is C17H25Cl2NO. The minimum absolute atomic E-state index is 0.100. The van der Waals surface area contributed by atoms with Gasteiger partial charge in [0.15, 0.2) is 0 Å². The van der Waals surface area contributed by atoms with Crippen LogP contribution in [-0.4, -0.2) is 25.8 Å². The minimum Gasteiger partial charge on any atom is -0.378 e. The Labute approximate surface area is 138 Å². The Kier molecular flexibility index (Phi) is 5.96. The molecule has 0 saturated carbocycles. The van der Waals surface area contributed by atoms with E-state index in [4.69, 9.17) is 27.9 Å². The van der Waals surface area contributed by atoms with Crippen LogP contribution in [-0.2, 0) is 11.2 Å². The maximum atomic E-state index is 6.37. The molecule has 0 aromatic heterocycles. The first-order valence-corrected chi connectivity index (χ1v) is 8.45. The molecule has 4 heteroatoms. The molecule has 1 fully saturated rings. The summed E-state index contributed by atoms with van der Waals surface area (Å²) in [6.07, 6.45) is 2.19. The van der Waals surface area contributed by atoms with Gasteiger partial charge in [-0.15, -0.1) is 0 Å². The Bertz CT molecular complexity index is 478. The van der Waals surface area contributed by atoms with E-state index in [-0.39, 0.29) is 11.5 Å². The second-order valence-electron chi connectivity index (χ2n) is 6.54. The number of hydrogen-bond donors (Lipinski definition) is 1. The summed E-state index contributed by atoms with van der Waals surface area (Å²) in [5.41, 5.74) is 1.22. The maximum absolute atomic E-state index is 6.37. The van der Waals surface area contributed by atoms with Gasteiger partial charge in [0, 0.05) is 18.6 Å². The molecule has 0 amide bonds. The van der Waals surface area contributed by atoms with Crippen LogP contribution in [0.4, 0.5) is 0 Å². The number of ether oxygens (including phenoxy) is 1. The zero-order valence-corrected chi connectivity index (χ0v) is 14.6. The van der Waals surface area contributed by atoms with E-state index in [9.17, 15) is 0 Å². The zero-order valence-electron chi connectivity index (χ0n) is 13.1. The highest BCUT2D eigenvalue weighted by Gasteiger charge is 2.41. The normalized spacial score (nSPS) is 25.7. The van der Waals surface area contributed by atoms with Crippen molar-refractivity contribution in [2.75, 3.05) is 19.7 Å². The van der Waals surface area contributed by atoms with Gasteiger partial charge < -0.3 is 10.1 Å². The van der Waals surface area contributed by atoms with Crippen molar-refractivity contribution in [3.8, 4) is 0 Å². The number of benzene rings is 1. The van der Waals surface area contributed by atoms with Crippen molar-refractivity contribution < 1.29 is 4.74 Å². The topological polar surface area (TPSA) is 21.3 Å². The van der Waals surface area contributed by atoms with Crippen molar-refractivity contribution in [1.82, 2.24) is 5.32 Å². The monoisotopic (exact) mass is 329 g/mol. The van der Waals surface area contributed by atoms with Gasteiger partial charge >= 0.3 is 0 Å². The Morgan fingerprint density at radius 3 is 2.76 bits per heavy atom. The smallest absolute Gasteiger partial charge is 0.0624 e. The van der Waals surface area contributed by atoms with E-state index in [1.54, 1.807) is 0 Å². The van der Waals surface area contributed by atoms with E-state index in [0.29, 0.717) is 16.0 Å². The average Bonchev–Trinajstić information content (AvgIpc) is 2.76. The highest BCUT2D eigenvalue weighted by atomic mass is 35.5. The maximum Gasteiger partial charge on any atom is 0.0624 e. The third kappa shape index (κ3) is 4.13. The number of halogens is 2. The van der Waals surface area contributed by atoms with Gasteiger partial charge in [0.1, 0.15) is 0 Å². The summed E-state index contributed by atoms with van der Waals surface area (Å²) in [5.74, 6) is 0.648. The summed E-state index contributed by atoms with van der Waals surface area (Å²) in [6, 6.07) is 5.88. The van der Waals surface area contributed by atoms with E-state index in [0.717, 1.165) is 38.1 Å². The van der Waals surface area contributed by atoms with E-state index in [2.05, 4.69) is 32.2 Å². The lowest BCUT2D eigenvalue weighted by Gasteiger charge is -2.33. The predicted molar refractivity (Wildman–Crippen MR) is 90.3 cm³/mol. The quantitative estimate of drug-likeness (QED) is 0.824. The molecule has 21 heavy (non-hydrogen) atoms. The second-order valence-corrected chi connectivity index (χ2v) is 7.33. The lowest BCUT2D eigenvalue weighted by atomic mass is 9.76. The van der Waals surface area contributed by atoms with Crippen molar-refractivity contribution in [2.45, 2.75) is 39.7 Å². The third-order valence-electron chi connectivity index (χ3n) is 4.43. The summed E-state index contributed by atoms with van der Waals surface area (Å²) in [4.78, 5) is 0. The fourth-order valence-corrected chi connectivity index (χ4v) is 3.41.